The Bertz CT molecular complexity index is 1050. The molecule has 0 fully saturated rings. The van der Waals surface area contributed by atoms with Crippen molar-refractivity contribution in [2.75, 3.05) is 0 Å². The van der Waals surface area contributed by atoms with Crippen LogP contribution in [0.5, 0.6) is 0 Å². The summed E-state index contributed by atoms with van der Waals surface area (Å²) in [6.07, 6.45) is 0. The Balaban J connectivity index is 2.18. The second kappa shape index (κ2) is 4.87. The van der Waals surface area contributed by atoms with E-state index in [-0.39, 0.29) is 31.6 Å². The van der Waals surface area contributed by atoms with Crippen LogP contribution in [0.15, 0.2) is 12.1 Å². The van der Waals surface area contributed by atoms with Crippen LogP contribution in [0.25, 0.3) is 22.4 Å². The number of halogens is 4. The van der Waals surface area contributed by atoms with Crippen molar-refractivity contribution in [3.8, 4) is 11.4 Å². The van der Waals surface area contributed by atoms with Gasteiger partial charge in [0.1, 0.15) is 0 Å². The summed E-state index contributed by atoms with van der Waals surface area (Å²) in [4.78, 5) is 17.4. The largest absolute Gasteiger partial charge is 0.268 e. The van der Waals surface area contributed by atoms with Crippen LogP contribution in [-0.2, 0) is 0 Å². The summed E-state index contributed by atoms with van der Waals surface area (Å²) in [5.74, 6) is 0.140. The zero-order valence-electron chi connectivity index (χ0n) is 12.0. The fraction of sp³-hybridized carbons (Fsp3) is 0.125. The van der Waals surface area contributed by atoms with Gasteiger partial charge in [-0.2, -0.15) is 0 Å². The Labute approximate surface area is 151 Å². The van der Waals surface area contributed by atoms with Crippen molar-refractivity contribution in [2.24, 2.45) is 0 Å². The minimum Gasteiger partial charge on any atom is -0.268 e. The minimum atomic E-state index is -0.300. The van der Waals surface area contributed by atoms with Crippen molar-refractivity contribution in [3.05, 3.63) is 48.9 Å². The van der Waals surface area contributed by atoms with E-state index < -0.39 is 0 Å². The van der Waals surface area contributed by atoms with Crippen LogP contribution >= 0.6 is 46.4 Å². The summed E-state index contributed by atoms with van der Waals surface area (Å²) in [5, 5.41) is 0.487. The molecule has 23 heavy (non-hydrogen) atoms. The summed E-state index contributed by atoms with van der Waals surface area (Å²) in [6.45, 7) is 3.98. The number of nitrogens with zero attached hydrogens (tertiary/aromatic N) is 2. The van der Waals surface area contributed by atoms with Gasteiger partial charge in [-0.1, -0.05) is 46.4 Å². The van der Waals surface area contributed by atoms with Gasteiger partial charge in [0.05, 0.1) is 42.3 Å². The van der Waals surface area contributed by atoms with E-state index in [4.69, 9.17) is 46.4 Å². The van der Waals surface area contributed by atoms with E-state index in [0.717, 1.165) is 16.6 Å². The van der Waals surface area contributed by atoms with Crippen molar-refractivity contribution < 1.29 is 4.79 Å². The van der Waals surface area contributed by atoms with Gasteiger partial charge >= 0.3 is 0 Å². The summed E-state index contributed by atoms with van der Waals surface area (Å²) in [5.41, 5.74) is 4.28. The van der Waals surface area contributed by atoms with Crippen LogP contribution in [0.3, 0.4) is 0 Å². The maximum atomic E-state index is 12.9. The van der Waals surface area contributed by atoms with Gasteiger partial charge in [-0.3, -0.25) is 9.36 Å². The Morgan fingerprint density at radius 3 is 2.09 bits per heavy atom. The van der Waals surface area contributed by atoms with Crippen molar-refractivity contribution >= 4 is 63.3 Å². The third kappa shape index (κ3) is 1.85. The number of hydrogen-bond donors (Lipinski definition) is 0. The fourth-order valence-electron chi connectivity index (χ4n) is 2.86. The minimum absolute atomic E-state index is 0.0764. The van der Waals surface area contributed by atoms with E-state index in [0.29, 0.717) is 16.9 Å². The zero-order valence-corrected chi connectivity index (χ0v) is 15.0. The smallest absolute Gasteiger partial charge is 0.266 e. The third-order valence-electron chi connectivity index (χ3n) is 4.18. The average Bonchev–Trinajstić information content (AvgIpc) is 2.99. The van der Waals surface area contributed by atoms with Gasteiger partial charge in [-0.25, -0.2) is 4.98 Å². The third-order valence-corrected chi connectivity index (χ3v) is 5.98. The van der Waals surface area contributed by atoms with Crippen LogP contribution in [0, 0.1) is 13.8 Å². The van der Waals surface area contributed by atoms with E-state index in [2.05, 4.69) is 4.98 Å². The van der Waals surface area contributed by atoms with Crippen molar-refractivity contribution in [3.63, 3.8) is 0 Å². The van der Waals surface area contributed by atoms with Gasteiger partial charge < -0.3 is 0 Å². The van der Waals surface area contributed by atoms with Gasteiger partial charge in [0.25, 0.3) is 5.91 Å². The van der Waals surface area contributed by atoms with Gasteiger partial charge in [0, 0.05) is 0 Å². The first-order valence-electron chi connectivity index (χ1n) is 6.73. The normalized spacial score (nSPS) is 12.9. The Morgan fingerprint density at radius 2 is 1.43 bits per heavy atom. The van der Waals surface area contributed by atoms with Crippen LogP contribution < -0.4 is 0 Å². The standard InChI is InChI=1S/C16H8Cl4N2O/c1-5-3-7-8(4-6(5)2)22-15(21-7)9-10(16(22)23)12(18)14(20)13(19)11(9)17/h3-4H,1-2H3. The molecule has 0 saturated heterocycles. The predicted octanol–water partition coefficient (Wildman–Crippen LogP) is 5.94. The van der Waals surface area contributed by atoms with E-state index >= 15 is 0 Å². The lowest BCUT2D eigenvalue weighted by Crippen LogP contribution is -2.07. The number of imidazole rings is 1. The van der Waals surface area contributed by atoms with Crippen molar-refractivity contribution in [1.82, 2.24) is 9.55 Å². The molecule has 0 N–H and O–H groups in total. The number of carbonyl (C=O) groups excluding carboxylic acids is 1. The molecule has 2 aromatic carbocycles. The Hall–Kier alpha value is -1.26. The molecule has 2 heterocycles. The highest BCUT2D eigenvalue weighted by molar-refractivity contribution is 6.54. The van der Waals surface area contributed by atoms with Crippen LogP contribution in [-0.4, -0.2) is 15.5 Å². The summed E-state index contributed by atoms with van der Waals surface area (Å²) >= 11 is 24.8. The first-order valence-corrected chi connectivity index (χ1v) is 8.24. The quantitative estimate of drug-likeness (QED) is 0.277. The van der Waals surface area contributed by atoms with Gasteiger partial charge in [0.15, 0.2) is 5.82 Å². The molecule has 3 aromatic rings. The molecule has 7 heteroatoms. The topological polar surface area (TPSA) is 34.9 Å². The Morgan fingerprint density at radius 1 is 0.870 bits per heavy atom. The zero-order chi connectivity index (χ0) is 16.6. The molecule has 1 aliphatic heterocycles. The molecule has 0 unspecified atom stereocenters. The molecule has 1 aromatic heterocycles. The number of rotatable bonds is 0. The average molecular weight is 386 g/mol. The van der Waals surface area contributed by atoms with E-state index in [1.54, 1.807) is 0 Å². The van der Waals surface area contributed by atoms with E-state index in [1.165, 1.54) is 4.57 Å². The van der Waals surface area contributed by atoms with Crippen LogP contribution in [0.4, 0.5) is 0 Å². The Kier molecular flexibility index (Phi) is 3.23. The lowest BCUT2D eigenvalue weighted by molar-refractivity contribution is 0.0973. The molecule has 0 bridgehead atoms. The molecule has 116 valence electrons. The molecule has 3 nitrogen and oxygen atoms in total. The molecule has 0 amide bonds. The molecular formula is C16H8Cl4N2O. The first-order chi connectivity index (χ1) is 10.8. The predicted molar refractivity (Wildman–Crippen MR) is 94.4 cm³/mol. The number of aromatic nitrogens is 2. The number of hydrogen-bond acceptors (Lipinski definition) is 2. The fourth-order valence-corrected chi connectivity index (χ4v) is 3.88. The molecule has 0 saturated carbocycles. The highest BCUT2D eigenvalue weighted by atomic mass is 35.5. The van der Waals surface area contributed by atoms with E-state index in [1.807, 2.05) is 26.0 Å². The van der Waals surface area contributed by atoms with Crippen LogP contribution in [0.2, 0.25) is 20.1 Å². The number of carbonyl (C=O) groups is 1. The van der Waals surface area contributed by atoms with Crippen LogP contribution in [0.1, 0.15) is 21.5 Å². The number of aryl methyl sites for hydroxylation is 2. The number of benzene rings is 2. The molecule has 0 spiro atoms. The number of fused-ring (bicyclic) bond motifs is 5. The molecule has 0 radical (unpaired) electrons. The van der Waals surface area contributed by atoms with Gasteiger partial charge in [-0.15, -0.1) is 0 Å². The highest BCUT2D eigenvalue weighted by Crippen LogP contribution is 2.49. The molecule has 0 aliphatic carbocycles. The molecule has 0 atom stereocenters. The molecule has 4 rings (SSSR count). The maximum Gasteiger partial charge on any atom is 0.266 e. The van der Waals surface area contributed by atoms with Gasteiger partial charge in [-0.05, 0) is 37.1 Å². The summed E-state index contributed by atoms with van der Waals surface area (Å²) < 4.78 is 1.51. The maximum absolute atomic E-state index is 12.9. The van der Waals surface area contributed by atoms with Crippen molar-refractivity contribution in [1.29, 1.82) is 0 Å². The second-order valence-corrected chi connectivity index (χ2v) is 7.02. The first kappa shape index (κ1) is 15.3. The van der Waals surface area contributed by atoms with E-state index in [9.17, 15) is 4.79 Å². The lowest BCUT2D eigenvalue weighted by atomic mass is 10.1. The van der Waals surface area contributed by atoms with Gasteiger partial charge in [0.2, 0.25) is 0 Å². The summed E-state index contributed by atoms with van der Waals surface area (Å²) in [6, 6.07) is 3.87. The molecule has 1 aliphatic rings. The second-order valence-electron chi connectivity index (χ2n) is 5.51. The SMILES string of the molecule is Cc1cc2nc3n(c2cc1C)C(=O)c1c(Cl)c(Cl)c(Cl)c(Cl)c1-3. The lowest BCUT2D eigenvalue weighted by Gasteiger charge is -2.08. The monoisotopic (exact) mass is 384 g/mol. The van der Waals surface area contributed by atoms with Crippen molar-refractivity contribution in [2.45, 2.75) is 13.8 Å². The summed E-state index contributed by atoms with van der Waals surface area (Å²) in [7, 11) is 0. The highest BCUT2D eigenvalue weighted by Gasteiger charge is 2.37. The molecular weight excluding hydrogens is 378 g/mol.